The summed E-state index contributed by atoms with van der Waals surface area (Å²) in [6.07, 6.45) is 11.5. The van der Waals surface area contributed by atoms with Gasteiger partial charge in [-0.15, -0.1) is 0 Å². The van der Waals surface area contributed by atoms with E-state index in [9.17, 15) is 20.1 Å². The van der Waals surface area contributed by atoms with Gasteiger partial charge in [0.15, 0.2) is 0 Å². The molecule has 0 radical (unpaired) electrons. The van der Waals surface area contributed by atoms with Gasteiger partial charge in [-0.25, -0.2) is 0 Å². The molecule has 0 heterocycles. The van der Waals surface area contributed by atoms with Crippen molar-refractivity contribution < 1.29 is 20.1 Å². The minimum absolute atomic E-state index is 0.0724. The van der Waals surface area contributed by atoms with Gasteiger partial charge in [-0.1, -0.05) is 33.6 Å². The van der Waals surface area contributed by atoms with Crippen LogP contribution in [0.4, 0.5) is 0 Å². The van der Waals surface area contributed by atoms with Crippen molar-refractivity contribution in [3.05, 3.63) is 0 Å². The molecule has 0 amide bonds. The topological polar surface area (TPSA) is 77.8 Å². The number of aliphatic carboxylic acids is 1. The molecule has 0 saturated heterocycles. The molecule has 4 nitrogen and oxygen atoms in total. The third-order valence-corrected chi connectivity index (χ3v) is 11.3. The molecule has 0 spiro atoms. The molecule has 1 unspecified atom stereocenters. The maximum atomic E-state index is 12.0. The molecule has 32 heavy (non-hydrogen) atoms. The van der Waals surface area contributed by atoms with Crippen molar-refractivity contribution in [3.63, 3.8) is 0 Å². The molecule has 0 bridgehead atoms. The molecule has 184 valence electrons. The Morgan fingerprint density at radius 1 is 0.969 bits per heavy atom. The summed E-state index contributed by atoms with van der Waals surface area (Å²) in [7, 11) is 0. The Morgan fingerprint density at radius 2 is 1.59 bits per heavy atom. The van der Waals surface area contributed by atoms with Gasteiger partial charge >= 0.3 is 5.97 Å². The van der Waals surface area contributed by atoms with Crippen LogP contribution in [0.5, 0.6) is 0 Å². The fraction of sp³-hybridized carbons (Fsp3) is 0.964. The quantitative estimate of drug-likeness (QED) is 0.473. The second kappa shape index (κ2) is 8.56. The second-order valence-corrected chi connectivity index (χ2v) is 13.4. The summed E-state index contributed by atoms with van der Waals surface area (Å²) in [6.45, 7) is 11.2. The van der Waals surface area contributed by atoms with E-state index in [0.29, 0.717) is 23.7 Å². The Kier molecular flexibility index (Phi) is 6.55. The van der Waals surface area contributed by atoms with Crippen molar-refractivity contribution in [2.45, 2.75) is 117 Å². The molecule has 0 aromatic heterocycles. The smallest absolute Gasteiger partial charge is 0.309 e. The monoisotopic (exact) mass is 448 g/mol. The summed E-state index contributed by atoms with van der Waals surface area (Å²) in [4.78, 5) is 12.0. The standard InChI is InChI=1S/C28H48O4/c1-17(7-6-14-26(2,3)32)19-10-11-20-18-8-9-22-24(25(30)31)23(29)13-16-28(22,5)21(18)12-15-27(19,20)4/h17-24,29,32H,6-16H2,1-5H3,(H,30,31)/t17-,18+,19-,20+,21+,22?,23+,24-,27-,28-/m1/s1. The van der Waals surface area contributed by atoms with Gasteiger partial charge in [0.2, 0.25) is 0 Å². The van der Waals surface area contributed by atoms with Gasteiger partial charge in [0.25, 0.3) is 0 Å². The van der Waals surface area contributed by atoms with Crippen molar-refractivity contribution in [2.75, 3.05) is 0 Å². The number of fused-ring (bicyclic) bond motifs is 5. The van der Waals surface area contributed by atoms with Crippen molar-refractivity contribution in [1.29, 1.82) is 0 Å². The lowest BCUT2D eigenvalue weighted by atomic mass is 9.43. The molecule has 4 aliphatic rings. The van der Waals surface area contributed by atoms with E-state index in [4.69, 9.17) is 0 Å². The number of aliphatic hydroxyl groups is 2. The highest BCUT2D eigenvalue weighted by Gasteiger charge is 2.62. The van der Waals surface area contributed by atoms with E-state index in [1.807, 2.05) is 13.8 Å². The number of carboxylic acid groups (broad SMARTS) is 1. The average molecular weight is 449 g/mol. The first-order valence-electron chi connectivity index (χ1n) is 13.5. The van der Waals surface area contributed by atoms with E-state index in [1.165, 1.54) is 32.1 Å². The van der Waals surface area contributed by atoms with E-state index in [-0.39, 0.29) is 11.3 Å². The number of carbonyl (C=O) groups is 1. The highest BCUT2D eigenvalue weighted by Crippen LogP contribution is 2.69. The molecule has 0 aromatic rings. The van der Waals surface area contributed by atoms with Crippen LogP contribution in [0, 0.1) is 52.3 Å². The van der Waals surface area contributed by atoms with E-state index in [1.54, 1.807) is 0 Å². The van der Waals surface area contributed by atoms with Gasteiger partial charge < -0.3 is 15.3 Å². The number of carboxylic acids is 1. The Bertz CT molecular complexity index is 698. The highest BCUT2D eigenvalue weighted by molar-refractivity contribution is 5.71. The lowest BCUT2D eigenvalue weighted by Crippen LogP contribution is -2.58. The number of aliphatic hydroxyl groups excluding tert-OH is 1. The number of hydrogen-bond acceptors (Lipinski definition) is 3. The molecule has 4 fully saturated rings. The Balaban J connectivity index is 1.49. The van der Waals surface area contributed by atoms with Crippen molar-refractivity contribution in [1.82, 2.24) is 0 Å². The van der Waals surface area contributed by atoms with Gasteiger partial charge in [-0.05, 0) is 118 Å². The van der Waals surface area contributed by atoms with Crippen LogP contribution in [0.15, 0.2) is 0 Å². The Morgan fingerprint density at radius 3 is 2.25 bits per heavy atom. The van der Waals surface area contributed by atoms with E-state index >= 15 is 0 Å². The SMILES string of the molecule is C[C@H](CCCC(C)(C)O)[C@H]1CC[C@H]2[C@@H]3CCC4[C@@H](C(=O)O)[C@@H](O)CC[C@]4(C)[C@H]3CC[C@]12C. The minimum Gasteiger partial charge on any atom is -0.481 e. The van der Waals surface area contributed by atoms with Crippen LogP contribution < -0.4 is 0 Å². The molecular formula is C28H48O4. The summed E-state index contributed by atoms with van der Waals surface area (Å²) in [6, 6.07) is 0. The van der Waals surface area contributed by atoms with Crippen LogP contribution >= 0.6 is 0 Å². The fourth-order valence-electron chi connectivity index (χ4n) is 9.72. The highest BCUT2D eigenvalue weighted by atomic mass is 16.4. The molecule has 3 N–H and O–H groups in total. The number of hydrogen-bond donors (Lipinski definition) is 3. The second-order valence-electron chi connectivity index (χ2n) is 13.4. The molecule has 4 heteroatoms. The van der Waals surface area contributed by atoms with Crippen LogP contribution in [0.2, 0.25) is 0 Å². The molecule has 0 aromatic carbocycles. The third-order valence-electron chi connectivity index (χ3n) is 11.3. The Labute approximate surface area is 195 Å². The summed E-state index contributed by atoms with van der Waals surface area (Å²) in [5, 5.41) is 30.5. The van der Waals surface area contributed by atoms with Crippen LogP contribution in [0.25, 0.3) is 0 Å². The predicted octanol–water partition coefficient (Wildman–Crippen LogP) is 5.89. The maximum absolute atomic E-state index is 12.0. The Hall–Kier alpha value is -0.610. The molecule has 4 rings (SSSR count). The van der Waals surface area contributed by atoms with Gasteiger partial charge in [0, 0.05) is 0 Å². The summed E-state index contributed by atoms with van der Waals surface area (Å²) >= 11 is 0. The zero-order valence-electron chi connectivity index (χ0n) is 21.1. The van der Waals surface area contributed by atoms with E-state index in [2.05, 4.69) is 20.8 Å². The lowest BCUT2D eigenvalue weighted by molar-refractivity contribution is -0.177. The average Bonchev–Trinajstić information content (AvgIpc) is 3.04. The molecule has 10 atom stereocenters. The van der Waals surface area contributed by atoms with Crippen molar-refractivity contribution in [3.8, 4) is 0 Å². The lowest BCUT2D eigenvalue weighted by Gasteiger charge is -2.62. The van der Waals surface area contributed by atoms with Gasteiger partial charge in [0.05, 0.1) is 17.6 Å². The zero-order valence-corrected chi connectivity index (χ0v) is 21.1. The number of rotatable bonds is 6. The molecule has 4 aliphatic carbocycles. The van der Waals surface area contributed by atoms with Crippen LogP contribution in [-0.4, -0.2) is 33.0 Å². The maximum Gasteiger partial charge on any atom is 0.309 e. The largest absolute Gasteiger partial charge is 0.481 e. The molecule has 4 saturated carbocycles. The summed E-state index contributed by atoms with van der Waals surface area (Å²) < 4.78 is 0. The van der Waals surface area contributed by atoms with Gasteiger partial charge in [-0.3, -0.25) is 4.79 Å². The first kappa shape index (κ1) is 24.5. The third kappa shape index (κ3) is 4.06. The minimum atomic E-state index is -0.784. The summed E-state index contributed by atoms with van der Waals surface area (Å²) in [5.41, 5.74) is -0.0722. The van der Waals surface area contributed by atoms with Crippen molar-refractivity contribution in [2.24, 2.45) is 52.3 Å². The van der Waals surface area contributed by atoms with Gasteiger partial charge in [-0.2, -0.15) is 0 Å². The molecule has 0 aliphatic heterocycles. The first-order chi connectivity index (χ1) is 14.9. The fourth-order valence-corrected chi connectivity index (χ4v) is 9.72. The summed E-state index contributed by atoms with van der Waals surface area (Å²) in [5.74, 6) is 2.38. The first-order valence-corrected chi connectivity index (χ1v) is 13.5. The predicted molar refractivity (Wildman–Crippen MR) is 127 cm³/mol. The molecular weight excluding hydrogens is 400 g/mol. The van der Waals surface area contributed by atoms with Gasteiger partial charge in [0.1, 0.15) is 0 Å². The van der Waals surface area contributed by atoms with Crippen LogP contribution in [0.1, 0.15) is 105 Å². The van der Waals surface area contributed by atoms with Crippen molar-refractivity contribution >= 4 is 5.97 Å². The van der Waals surface area contributed by atoms with Crippen LogP contribution in [-0.2, 0) is 4.79 Å². The zero-order chi connectivity index (χ0) is 23.5. The normalized spacial score (nSPS) is 47.3. The van der Waals surface area contributed by atoms with Crippen LogP contribution in [0.3, 0.4) is 0 Å². The van der Waals surface area contributed by atoms with E-state index in [0.717, 1.165) is 49.9 Å². The van der Waals surface area contributed by atoms with E-state index < -0.39 is 23.6 Å².